The van der Waals surface area contributed by atoms with Gasteiger partial charge in [-0.2, -0.15) is 43.1 Å². The maximum atomic E-state index is 14.1. The normalized spacial score (nSPS) is 27.3. The molecule has 9 heterocycles. The molecule has 22 nitrogen and oxygen atoms in total. The van der Waals surface area contributed by atoms with Gasteiger partial charge in [-0.1, -0.05) is 45.5 Å². The highest BCUT2D eigenvalue weighted by Crippen LogP contribution is 2.45. The Morgan fingerprint density at radius 1 is 0.729 bits per heavy atom. The third kappa shape index (κ3) is 9.43. The third-order valence-electron chi connectivity index (χ3n) is 12.5. The quantitative estimate of drug-likeness (QED) is 0.107. The fourth-order valence-electron chi connectivity index (χ4n) is 8.63. The summed E-state index contributed by atoms with van der Waals surface area (Å²) in [4.78, 5) is 46.2. The fourth-order valence-corrected chi connectivity index (χ4v) is 8.63. The zero-order valence-corrected chi connectivity index (χ0v) is 39.3. The van der Waals surface area contributed by atoms with Crippen molar-refractivity contribution in [2.45, 2.75) is 128 Å². The van der Waals surface area contributed by atoms with Gasteiger partial charge in [-0.15, -0.1) is 19.3 Å². The minimum absolute atomic E-state index is 0.0148. The molecule has 0 unspecified atom stereocenters. The number of aliphatic hydroxyl groups is 2. The number of hydrogen-bond donors (Lipinski definition) is 5. The number of amides is 1. The summed E-state index contributed by atoms with van der Waals surface area (Å²) in [6.45, 7) is 12.7. The zero-order chi connectivity index (χ0) is 51.1. The number of imidazole rings is 3. The summed E-state index contributed by atoms with van der Waals surface area (Å²) < 4.78 is 68.4. The fraction of sp³-hybridized carbons (Fsp3) is 0.511. The summed E-state index contributed by atoms with van der Waals surface area (Å²) in [6, 6.07) is 0. The van der Waals surface area contributed by atoms with Gasteiger partial charge in [0.1, 0.15) is 41.6 Å². The van der Waals surface area contributed by atoms with Gasteiger partial charge in [0.05, 0.1) is 25.6 Å². The van der Waals surface area contributed by atoms with Gasteiger partial charge in [0, 0.05) is 18.3 Å². The van der Waals surface area contributed by atoms with Crippen LogP contribution in [0.3, 0.4) is 0 Å². The number of hydrogen-bond acceptors (Lipinski definition) is 18. The molecule has 0 bridgehead atoms. The van der Waals surface area contributed by atoms with Gasteiger partial charge in [0.2, 0.25) is 0 Å². The van der Waals surface area contributed by atoms with Crippen molar-refractivity contribution in [2.24, 2.45) is 11.8 Å². The summed E-state index contributed by atoms with van der Waals surface area (Å²) in [7, 11) is 0. The van der Waals surface area contributed by atoms with Crippen LogP contribution in [-0.2, 0) is 18.9 Å². The van der Waals surface area contributed by atoms with Gasteiger partial charge in [-0.25, -0.2) is 19.7 Å². The number of aliphatic hydroxyl groups excluding tert-OH is 2. The maximum absolute atomic E-state index is 14.1. The van der Waals surface area contributed by atoms with Gasteiger partial charge in [0.15, 0.2) is 56.5 Å². The molecule has 9 atom stereocenters. The highest BCUT2D eigenvalue weighted by Gasteiger charge is 2.49. The van der Waals surface area contributed by atoms with Crippen LogP contribution in [0.1, 0.15) is 99.3 Å². The molecule has 0 aliphatic carbocycles. The molecule has 25 heteroatoms. The van der Waals surface area contributed by atoms with Crippen molar-refractivity contribution in [3.05, 3.63) is 37.2 Å². The summed E-state index contributed by atoms with van der Waals surface area (Å²) >= 11 is 0. The number of nitrogens with one attached hydrogen (secondary N) is 1. The molecule has 9 rings (SSSR count). The largest absolute Gasteiger partial charge is 0.444 e. The number of ether oxygens (including phenoxy) is 4. The van der Waals surface area contributed by atoms with E-state index >= 15 is 0 Å². The van der Waals surface area contributed by atoms with Crippen molar-refractivity contribution in [3.8, 4) is 37.0 Å². The summed E-state index contributed by atoms with van der Waals surface area (Å²) in [5.74, 6) is 7.89. The van der Waals surface area contributed by atoms with Crippen molar-refractivity contribution in [1.82, 2.24) is 58.6 Å². The lowest BCUT2D eigenvalue weighted by Crippen LogP contribution is -2.41. The zero-order valence-electron chi connectivity index (χ0n) is 39.3. The molecular weight excluding hydrogens is 920 g/mol. The lowest BCUT2D eigenvalue weighted by atomic mass is 9.87. The Morgan fingerprint density at radius 2 is 1.11 bits per heavy atom. The Balaban J connectivity index is 0.000000157. The molecular formula is C45H52F3N15O7. The number of aromatic nitrogens is 12. The number of halogens is 3. The first-order valence-electron chi connectivity index (χ1n) is 22.1. The van der Waals surface area contributed by atoms with Crippen LogP contribution >= 0.6 is 0 Å². The molecule has 0 saturated carbocycles. The Hall–Kier alpha value is -7.21. The second kappa shape index (κ2) is 19.3. The van der Waals surface area contributed by atoms with E-state index in [-0.39, 0.29) is 64.3 Å². The van der Waals surface area contributed by atoms with Crippen molar-refractivity contribution < 1.29 is 47.1 Å². The van der Waals surface area contributed by atoms with Crippen LogP contribution in [0.5, 0.6) is 0 Å². The average molecular weight is 972 g/mol. The number of terminal acetylenes is 3. The Kier molecular flexibility index (Phi) is 14.0. The number of nitrogens with zero attached hydrogens (tertiary/aromatic N) is 12. The predicted molar refractivity (Wildman–Crippen MR) is 245 cm³/mol. The lowest BCUT2D eigenvalue weighted by molar-refractivity contribution is -0.0891. The number of anilines is 3. The average Bonchev–Trinajstić information content (AvgIpc) is 4.16. The first-order valence-corrected chi connectivity index (χ1v) is 22.1. The number of nitrogens with two attached hydrogens (primary N) is 2. The number of nitrogen functional groups attached to an aromatic ring is 2. The standard InChI is InChI=1S/C19H24FN5O3.C14H16FN5O.C12H12FN5O3/c1-7-19(8-2)11(3)9-12(27-19)25-10-21-13-14(22-16(20)24-15(13)25)23-17(26)28-18(4,5)6;1-4-14(5-2)8(3)6-9(21-14)20-7-17-10-11(16)18-13(15)19-12(10)20;1-2-12(4-19)6(20)3-7(21-12)18-5-15-8-9(14)16-11(13)17-10(8)18/h1,10-12H,8-9H2,2-6H3,(H,22,23,24,26);1,7-9H,5-6H2,2-3H3,(H2,16,18,19);1,5-7,19-20H,3-4H2,(H2,14,16,17)/t11-,12+,19+;8-,9+,14+;6-,7+,12+/m000/s1. The highest BCUT2D eigenvalue weighted by atomic mass is 19.1. The third-order valence-corrected chi connectivity index (χ3v) is 12.5. The summed E-state index contributed by atoms with van der Waals surface area (Å²) in [5, 5.41) is 21.8. The monoisotopic (exact) mass is 971 g/mol. The first-order chi connectivity index (χ1) is 33.1. The van der Waals surface area contributed by atoms with Gasteiger partial charge >= 0.3 is 24.3 Å². The Labute approximate surface area is 399 Å². The number of carbonyl (C=O) groups excluding carboxylic acids is 1. The second-order valence-corrected chi connectivity index (χ2v) is 17.9. The van der Waals surface area contributed by atoms with E-state index in [9.17, 15) is 28.2 Å². The van der Waals surface area contributed by atoms with Gasteiger partial charge in [-0.05, 0) is 46.5 Å². The molecule has 0 radical (unpaired) electrons. The van der Waals surface area contributed by atoms with Gasteiger partial charge in [-0.3, -0.25) is 19.0 Å². The number of fused-ring (bicyclic) bond motifs is 3. The molecule has 0 spiro atoms. The molecule has 7 N–H and O–H groups in total. The molecule has 6 aromatic heterocycles. The van der Waals surface area contributed by atoms with Crippen LogP contribution in [0.25, 0.3) is 33.5 Å². The molecule has 370 valence electrons. The topological polar surface area (TPSA) is 289 Å². The molecule has 70 heavy (non-hydrogen) atoms. The lowest BCUT2D eigenvalue weighted by Gasteiger charge is -2.25. The van der Waals surface area contributed by atoms with E-state index in [0.717, 1.165) is 0 Å². The maximum Gasteiger partial charge on any atom is 0.413 e. The smallest absolute Gasteiger partial charge is 0.413 e. The van der Waals surface area contributed by atoms with Crippen molar-refractivity contribution >= 4 is 57.0 Å². The second-order valence-electron chi connectivity index (χ2n) is 17.9. The SMILES string of the molecule is C#C[C@]1(CC)O[C@@H](n2cnc3c(N)nc(F)nc32)C[C@@H]1C.C#C[C@]1(CC)O[C@@H](n2cnc3c(NC(=O)OC(C)(C)C)nc(F)nc32)C[C@@H]1C.C#C[C@]1(CO)O[C@@H](n2cnc3c(N)nc(F)nc32)C[C@@H]1O. The van der Waals surface area contributed by atoms with E-state index < -0.39 is 71.9 Å². The van der Waals surface area contributed by atoms with Crippen LogP contribution in [0, 0.1) is 67.1 Å². The van der Waals surface area contributed by atoms with Crippen molar-refractivity contribution in [1.29, 1.82) is 0 Å². The molecule has 6 aromatic rings. The first kappa shape index (κ1) is 50.7. The molecule has 3 saturated heterocycles. The van der Waals surface area contributed by atoms with Crippen LogP contribution < -0.4 is 16.8 Å². The Morgan fingerprint density at radius 3 is 1.49 bits per heavy atom. The van der Waals surface area contributed by atoms with Crippen molar-refractivity contribution in [2.75, 3.05) is 23.4 Å². The molecule has 3 aliphatic heterocycles. The molecule has 3 fully saturated rings. The number of rotatable bonds is 7. The van der Waals surface area contributed by atoms with Crippen LogP contribution in [0.4, 0.5) is 35.4 Å². The van der Waals surface area contributed by atoms with Crippen LogP contribution in [0.2, 0.25) is 0 Å². The van der Waals surface area contributed by atoms with E-state index in [0.29, 0.717) is 36.8 Å². The van der Waals surface area contributed by atoms with Gasteiger partial charge in [0.25, 0.3) is 0 Å². The van der Waals surface area contributed by atoms with Crippen LogP contribution in [-0.4, -0.2) is 110 Å². The minimum Gasteiger partial charge on any atom is -0.444 e. The van der Waals surface area contributed by atoms with E-state index in [1.807, 2.05) is 27.7 Å². The van der Waals surface area contributed by atoms with E-state index in [4.69, 9.17) is 49.7 Å². The van der Waals surface area contributed by atoms with Crippen LogP contribution in [0.15, 0.2) is 19.0 Å². The molecule has 3 aliphatic rings. The molecule has 0 aromatic carbocycles. The van der Waals surface area contributed by atoms with E-state index in [1.165, 1.54) is 23.5 Å². The summed E-state index contributed by atoms with van der Waals surface area (Å²) in [6.07, 6.45) is 17.6. The highest BCUT2D eigenvalue weighted by molar-refractivity contribution is 5.93. The predicted octanol–water partition coefficient (Wildman–Crippen LogP) is 4.73. The summed E-state index contributed by atoms with van der Waals surface area (Å²) in [5.41, 5.74) is 9.20. The van der Waals surface area contributed by atoms with Gasteiger partial charge < -0.3 is 40.6 Å². The van der Waals surface area contributed by atoms with E-state index in [2.05, 4.69) is 67.9 Å². The minimum atomic E-state index is -1.50. The molecule has 1 amide bonds. The Bertz CT molecular complexity index is 2940. The van der Waals surface area contributed by atoms with Crippen molar-refractivity contribution in [3.63, 3.8) is 0 Å². The number of carbonyl (C=O) groups is 1. The van der Waals surface area contributed by atoms with E-state index in [1.54, 1.807) is 29.9 Å².